The number of amides is 1. The standard InChI is InChI=1S/C21H17F3N4O2/c22-8-13-2-1-3-16(18(13)24)21(29)28-15-9-27-19(12-4-6-14(23)7-5-12)25-26-20(27)17(28)11-30-10-15/h1-7,15,17H,8-11H2/t15-,17-/m1/s1. The molecule has 9 heteroatoms. The maximum atomic E-state index is 14.6. The molecule has 1 aromatic heterocycles. The third kappa shape index (κ3) is 2.88. The molecule has 1 amide bonds. The smallest absolute Gasteiger partial charge is 0.257 e. The molecule has 2 aliphatic heterocycles. The van der Waals surface area contributed by atoms with Crippen LogP contribution in [0.1, 0.15) is 27.8 Å². The zero-order valence-corrected chi connectivity index (χ0v) is 15.8. The highest BCUT2D eigenvalue weighted by Crippen LogP contribution is 2.36. The Kier molecular flexibility index (Phi) is 4.54. The summed E-state index contributed by atoms with van der Waals surface area (Å²) >= 11 is 0. The van der Waals surface area contributed by atoms with Crippen molar-refractivity contribution < 1.29 is 22.7 Å². The van der Waals surface area contributed by atoms with Gasteiger partial charge < -0.3 is 14.2 Å². The first-order chi connectivity index (χ1) is 14.6. The van der Waals surface area contributed by atoms with E-state index in [0.29, 0.717) is 23.8 Å². The molecule has 30 heavy (non-hydrogen) atoms. The molecule has 1 fully saturated rings. The van der Waals surface area contributed by atoms with Gasteiger partial charge in [0.25, 0.3) is 5.91 Å². The minimum Gasteiger partial charge on any atom is -0.377 e. The summed E-state index contributed by atoms with van der Waals surface area (Å²) in [5.41, 5.74) is 0.380. The fourth-order valence-corrected chi connectivity index (χ4v) is 4.13. The van der Waals surface area contributed by atoms with E-state index in [2.05, 4.69) is 10.2 Å². The maximum absolute atomic E-state index is 14.6. The highest BCUT2D eigenvalue weighted by atomic mass is 19.1. The predicted molar refractivity (Wildman–Crippen MR) is 100 cm³/mol. The Bertz CT molecular complexity index is 1120. The Morgan fingerprint density at radius 1 is 1.10 bits per heavy atom. The third-order valence-electron chi connectivity index (χ3n) is 5.58. The molecule has 154 valence electrons. The molecule has 1 saturated heterocycles. The van der Waals surface area contributed by atoms with Crippen LogP contribution in [0.5, 0.6) is 0 Å². The Balaban J connectivity index is 1.54. The molecular formula is C21H17F3N4O2. The summed E-state index contributed by atoms with van der Waals surface area (Å²) in [6.45, 7) is -0.179. The molecule has 2 aromatic carbocycles. The van der Waals surface area contributed by atoms with Gasteiger partial charge in [-0.05, 0) is 30.3 Å². The van der Waals surface area contributed by atoms with Crippen molar-refractivity contribution in [3.05, 3.63) is 71.1 Å². The van der Waals surface area contributed by atoms with Crippen molar-refractivity contribution in [2.24, 2.45) is 0 Å². The number of aromatic nitrogens is 3. The predicted octanol–water partition coefficient (Wildman–Crippen LogP) is 3.29. The van der Waals surface area contributed by atoms with Crippen LogP contribution in [0.3, 0.4) is 0 Å². The molecule has 3 aromatic rings. The van der Waals surface area contributed by atoms with Crippen LogP contribution in [-0.4, -0.2) is 44.8 Å². The Hall–Kier alpha value is -3.20. The summed E-state index contributed by atoms with van der Waals surface area (Å²) in [4.78, 5) is 14.8. The number of hydrogen-bond donors (Lipinski definition) is 0. The molecule has 5 rings (SSSR count). The monoisotopic (exact) mass is 414 g/mol. The number of hydrogen-bond acceptors (Lipinski definition) is 4. The minimum atomic E-state index is -0.988. The lowest BCUT2D eigenvalue weighted by atomic mass is 10.0. The third-order valence-corrected chi connectivity index (χ3v) is 5.58. The number of fused-ring (bicyclic) bond motifs is 4. The summed E-state index contributed by atoms with van der Waals surface area (Å²) in [5.74, 6) is -0.640. The fourth-order valence-electron chi connectivity index (χ4n) is 4.13. The molecule has 3 heterocycles. The highest BCUT2D eigenvalue weighted by Gasteiger charge is 2.44. The van der Waals surface area contributed by atoms with Gasteiger partial charge in [0.1, 0.15) is 24.4 Å². The lowest BCUT2D eigenvalue weighted by molar-refractivity contribution is -0.0571. The van der Waals surface area contributed by atoms with E-state index in [4.69, 9.17) is 4.74 Å². The molecule has 2 bridgehead atoms. The van der Waals surface area contributed by atoms with Crippen molar-refractivity contribution in [3.8, 4) is 11.4 Å². The minimum absolute atomic E-state index is 0.152. The second kappa shape index (κ2) is 7.24. The van der Waals surface area contributed by atoms with Crippen LogP contribution >= 0.6 is 0 Å². The number of carbonyl (C=O) groups is 1. The second-order valence-electron chi connectivity index (χ2n) is 7.33. The van der Waals surface area contributed by atoms with Crippen molar-refractivity contribution in [1.29, 1.82) is 0 Å². The van der Waals surface area contributed by atoms with Gasteiger partial charge in [-0.1, -0.05) is 12.1 Å². The number of ether oxygens (including phenoxy) is 1. The molecule has 2 aliphatic rings. The van der Waals surface area contributed by atoms with E-state index >= 15 is 0 Å². The maximum Gasteiger partial charge on any atom is 0.257 e. The highest BCUT2D eigenvalue weighted by molar-refractivity contribution is 5.95. The first-order valence-corrected chi connectivity index (χ1v) is 9.51. The zero-order valence-electron chi connectivity index (χ0n) is 15.8. The molecule has 0 N–H and O–H groups in total. The normalized spacial score (nSPS) is 20.2. The first-order valence-electron chi connectivity index (χ1n) is 9.51. The molecule has 6 nitrogen and oxygen atoms in total. The van der Waals surface area contributed by atoms with Gasteiger partial charge in [0, 0.05) is 17.7 Å². The van der Waals surface area contributed by atoms with Gasteiger partial charge in [0.2, 0.25) is 0 Å². The van der Waals surface area contributed by atoms with Crippen LogP contribution < -0.4 is 0 Å². The summed E-state index contributed by atoms with van der Waals surface area (Å²) in [6, 6.07) is 9.15. The van der Waals surface area contributed by atoms with Gasteiger partial charge in [0.15, 0.2) is 11.6 Å². The van der Waals surface area contributed by atoms with Crippen molar-refractivity contribution >= 4 is 5.91 Å². The number of carbonyl (C=O) groups excluding carboxylic acids is 1. The van der Waals surface area contributed by atoms with Gasteiger partial charge >= 0.3 is 0 Å². The summed E-state index contributed by atoms with van der Waals surface area (Å²) in [5, 5.41) is 8.49. The number of nitrogens with zero attached hydrogens (tertiary/aromatic N) is 4. The van der Waals surface area contributed by atoms with E-state index in [1.807, 2.05) is 4.57 Å². The van der Waals surface area contributed by atoms with Crippen LogP contribution in [0, 0.1) is 11.6 Å². The summed E-state index contributed by atoms with van der Waals surface area (Å²) in [6.07, 6.45) is 0. The number of benzene rings is 2. The van der Waals surface area contributed by atoms with Crippen LogP contribution in [0.4, 0.5) is 13.2 Å². The van der Waals surface area contributed by atoms with E-state index in [9.17, 15) is 18.0 Å². The largest absolute Gasteiger partial charge is 0.377 e. The molecule has 0 spiro atoms. The average molecular weight is 414 g/mol. The van der Waals surface area contributed by atoms with E-state index in [1.54, 1.807) is 17.0 Å². The lowest BCUT2D eigenvalue weighted by Gasteiger charge is -2.45. The molecular weight excluding hydrogens is 397 g/mol. The van der Waals surface area contributed by atoms with Crippen LogP contribution in [0.15, 0.2) is 42.5 Å². The number of morpholine rings is 1. The number of rotatable bonds is 3. The van der Waals surface area contributed by atoms with Gasteiger partial charge in [-0.15, -0.1) is 10.2 Å². The van der Waals surface area contributed by atoms with Crippen LogP contribution in [-0.2, 0) is 18.0 Å². The fraction of sp³-hybridized carbons (Fsp3) is 0.286. The first kappa shape index (κ1) is 18.8. The summed E-state index contributed by atoms with van der Waals surface area (Å²) in [7, 11) is 0. The Labute approximate surface area is 169 Å². The number of halogens is 3. The topological polar surface area (TPSA) is 60.3 Å². The zero-order chi connectivity index (χ0) is 20.8. The number of alkyl halides is 1. The molecule has 0 unspecified atom stereocenters. The quantitative estimate of drug-likeness (QED) is 0.660. The Morgan fingerprint density at radius 3 is 2.67 bits per heavy atom. The summed E-state index contributed by atoms with van der Waals surface area (Å²) < 4.78 is 48.5. The molecule has 0 aliphatic carbocycles. The van der Waals surface area contributed by atoms with Crippen molar-refractivity contribution in [3.63, 3.8) is 0 Å². The van der Waals surface area contributed by atoms with E-state index in [1.165, 1.54) is 30.3 Å². The van der Waals surface area contributed by atoms with E-state index < -0.39 is 24.4 Å². The van der Waals surface area contributed by atoms with Gasteiger partial charge in [0.05, 0.1) is 24.8 Å². The average Bonchev–Trinajstić information content (AvgIpc) is 3.17. The van der Waals surface area contributed by atoms with E-state index in [0.717, 1.165) is 0 Å². The van der Waals surface area contributed by atoms with Crippen molar-refractivity contribution in [1.82, 2.24) is 19.7 Å². The Morgan fingerprint density at radius 2 is 1.90 bits per heavy atom. The van der Waals surface area contributed by atoms with Gasteiger partial charge in [-0.25, -0.2) is 13.2 Å². The van der Waals surface area contributed by atoms with Gasteiger partial charge in [-0.2, -0.15) is 0 Å². The van der Waals surface area contributed by atoms with Gasteiger partial charge in [-0.3, -0.25) is 4.79 Å². The molecule has 0 saturated carbocycles. The van der Waals surface area contributed by atoms with Crippen LogP contribution in [0.2, 0.25) is 0 Å². The van der Waals surface area contributed by atoms with E-state index in [-0.39, 0.29) is 36.2 Å². The lowest BCUT2D eigenvalue weighted by Crippen LogP contribution is -2.56. The molecule has 2 atom stereocenters. The van der Waals surface area contributed by atoms with Crippen molar-refractivity contribution in [2.45, 2.75) is 25.3 Å². The van der Waals surface area contributed by atoms with Crippen LogP contribution in [0.25, 0.3) is 11.4 Å². The van der Waals surface area contributed by atoms with Crippen molar-refractivity contribution in [2.75, 3.05) is 13.2 Å². The second-order valence-corrected chi connectivity index (χ2v) is 7.33. The SMILES string of the molecule is O=C(c1cccc(CF)c1F)N1[C@H]2COC[C@@H]1c1nnc(-c3ccc(F)cc3)n1C2. The molecule has 0 radical (unpaired) electrons.